The van der Waals surface area contributed by atoms with Crippen LogP contribution in [0.1, 0.15) is 48.1 Å². The summed E-state index contributed by atoms with van der Waals surface area (Å²) in [6, 6.07) is 6.03. The lowest BCUT2D eigenvalue weighted by Gasteiger charge is -2.38. The molecule has 0 fully saturated rings. The number of fused-ring (bicyclic) bond motifs is 2. The number of halogens is 1. The van der Waals surface area contributed by atoms with Crippen molar-refractivity contribution in [1.29, 1.82) is 0 Å². The van der Waals surface area contributed by atoms with E-state index in [1.807, 2.05) is 19.1 Å². The predicted molar refractivity (Wildman–Crippen MR) is 116 cm³/mol. The van der Waals surface area contributed by atoms with Crippen LogP contribution in [-0.4, -0.2) is 34.0 Å². The maximum Gasteiger partial charge on any atom is 0.273 e. The monoisotopic (exact) mass is 478 g/mol. The van der Waals surface area contributed by atoms with Gasteiger partial charge in [-0.3, -0.25) is 9.79 Å². The van der Waals surface area contributed by atoms with E-state index >= 15 is 0 Å². The van der Waals surface area contributed by atoms with Crippen molar-refractivity contribution in [2.75, 3.05) is 5.75 Å². The molecule has 3 N–H and O–H groups in total. The molecular weight excluding hydrogens is 456 g/mol. The lowest BCUT2D eigenvalue weighted by Crippen LogP contribution is -2.39. The van der Waals surface area contributed by atoms with E-state index in [2.05, 4.69) is 32.3 Å². The van der Waals surface area contributed by atoms with Gasteiger partial charge in [-0.15, -0.1) is 0 Å². The van der Waals surface area contributed by atoms with E-state index in [9.17, 15) is 4.79 Å². The van der Waals surface area contributed by atoms with Crippen LogP contribution in [-0.2, 0) is 5.54 Å². The quantitative estimate of drug-likeness (QED) is 0.677. The van der Waals surface area contributed by atoms with Gasteiger partial charge in [-0.2, -0.15) is 0 Å². The number of hydrogen-bond acceptors (Lipinski definition) is 7. The summed E-state index contributed by atoms with van der Waals surface area (Å²) in [5.41, 5.74) is 7.05. The molecule has 9 heteroatoms. The Morgan fingerprint density at radius 1 is 1.52 bits per heavy atom. The van der Waals surface area contributed by atoms with Crippen molar-refractivity contribution in [2.24, 2.45) is 10.7 Å². The SMILES string of the molecule is Cc1nc(C(=O)NC(C)CC[C@H]2CC3(CSC(N)=N3)c3cc(Br)ccc3O2)co1. The minimum absolute atomic E-state index is 0.00701. The van der Waals surface area contributed by atoms with Gasteiger partial charge in [-0.05, 0) is 38.0 Å². The molecule has 1 aromatic carbocycles. The van der Waals surface area contributed by atoms with Crippen LogP contribution in [0.15, 0.2) is 38.3 Å². The maximum absolute atomic E-state index is 12.3. The van der Waals surface area contributed by atoms with Gasteiger partial charge in [-0.25, -0.2) is 4.98 Å². The van der Waals surface area contributed by atoms with Gasteiger partial charge in [0, 0.05) is 35.2 Å². The first-order valence-electron chi connectivity index (χ1n) is 9.52. The Balaban J connectivity index is 1.42. The van der Waals surface area contributed by atoms with Crippen LogP contribution in [0.3, 0.4) is 0 Å². The number of benzene rings is 1. The molecule has 0 bridgehead atoms. The average molecular weight is 479 g/mol. The third kappa shape index (κ3) is 4.30. The van der Waals surface area contributed by atoms with Gasteiger partial charge in [0.15, 0.2) is 16.8 Å². The number of nitrogens with one attached hydrogen (secondary N) is 1. The fourth-order valence-corrected chi connectivity index (χ4v) is 5.15. The van der Waals surface area contributed by atoms with Gasteiger partial charge in [0.1, 0.15) is 23.7 Å². The lowest BCUT2D eigenvalue weighted by atomic mass is 9.82. The Morgan fingerprint density at radius 2 is 2.34 bits per heavy atom. The summed E-state index contributed by atoms with van der Waals surface area (Å²) >= 11 is 5.14. The van der Waals surface area contributed by atoms with Gasteiger partial charge in [0.2, 0.25) is 0 Å². The van der Waals surface area contributed by atoms with Crippen molar-refractivity contribution in [1.82, 2.24) is 10.3 Å². The maximum atomic E-state index is 12.3. The minimum Gasteiger partial charge on any atom is -0.490 e. The van der Waals surface area contributed by atoms with E-state index in [0.29, 0.717) is 16.8 Å². The van der Waals surface area contributed by atoms with E-state index in [1.54, 1.807) is 18.7 Å². The zero-order valence-corrected chi connectivity index (χ0v) is 18.7. The average Bonchev–Trinajstić information content (AvgIpc) is 3.27. The highest BCUT2D eigenvalue weighted by Crippen LogP contribution is 2.48. The molecule has 4 rings (SSSR count). The van der Waals surface area contributed by atoms with Crippen LogP contribution >= 0.6 is 27.7 Å². The van der Waals surface area contributed by atoms with Crippen molar-refractivity contribution >= 4 is 38.8 Å². The van der Waals surface area contributed by atoms with Crippen LogP contribution < -0.4 is 15.8 Å². The number of amidine groups is 1. The number of carbonyl (C=O) groups excluding carboxylic acids is 1. The molecule has 2 aliphatic rings. The number of nitrogens with two attached hydrogens (primary N) is 1. The molecule has 0 radical (unpaired) electrons. The van der Waals surface area contributed by atoms with Gasteiger partial charge >= 0.3 is 0 Å². The standard InChI is InChI=1S/C20H23BrN4O3S/c1-11(23-18(26)16-9-27-12(2)24-16)3-5-14-8-20(10-29-19(22)25-20)15-7-13(21)4-6-17(15)28-14/h4,6-7,9,11,14H,3,5,8,10H2,1-2H3,(H2,22,25)(H,23,26)/t11?,14-,20?/m0/s1. The summed E-state index contributed by atoms with van der Waals surface area (Å²) in [5, 5.41) is 3.59. The zero-order chi connectivity index (χ0) is 20.6. The summed E-state index contributed by atoms with van der Waals surface area (Å²) in [6.07, 6.45) is 3.74. The molecule has 1 aromatic heterocycles. The van der Waals surface area contributed by atoms with Crippen molar-refractivity contribution < 1.29 is 13.9 Å². The van der Waals surface area contributed by atoms with E-state index in [-0.39, 0.29) is 23.6 Å². The fourth-order valence-electron chi connectivity index (χ4n) is 3.82. The second-order valence-electron chi connectivity index (χ2n) is 7.56. The number of hydrogen-bond donors (Lipinski definition) is 2. The number of aliphatic imine (C=N–C) groups is 1. The fraction of sp³-hybridized carbons (Fsp3) is 0.450. The molecule has 0 saturated carbocycles. The molecule has 0 aliphatic carbocycles. The first-order chi connectivity index (χ1) is 13.8. The zero-order valence-electron chi connectivity index (χ0n) is 16.3. The molecule has 2 aliphatic heterocycles. The third-order valence-electron chi connectivity index (χ3n) is 5.24. The van der Waals surface area contributed by atoms with Crippen LogP contribution in [0.2, 0.25) is 0 Å². The van der Waals surface area contributed by atoms with Gasteiger partial charge in [0.05, 0.1) is 0 Å². The first-order valence-corrected chi connectivity index (χ1v) is 11.3. The van der Waals surface area contributed by atoms with Gasteiger partial charge in [0.25, 0.3) is 5.91 Å². The number of ether oxygens (including phenoxy) is 1. The lowest BCUT2D eigenvalue weighted by molar-refractivity contribution is 0.0917. The number of nitrogens with zero attached hydrogens (tertiary/aromatic N) is 2. The number of oxazole rings is 1. The molecular formula is C20H23BrN4O3S. The Labute approximate surface area is 182 Å². The third-order valence-corrected chi connectivity index (χ3v) is 6.74. The summed E-state index contributed by atoms with van der Waals surface area (Å²) in [7, 11) is 0. The Morgan fingerprint density at radius 3 is 3.03 bits per heavy atom. The van der Waals surface area contributed by atoms with Crippen molar-refractivity contribution in [2.45, 2.75) is 50.8 Å². The molecule has 7 nitrogen and oxygen atoms in total. The first kappa shape index (κ1) is 20.3. The molecule has 1 spiro atoms. The van der Waals surface area contributed by atoms with E-state index in [4.69, 9.17) is 19.9 Å². The normalized spacial score (nSPS) is 24.0. The van der Waals surface area contributed by atoms with Gasteiger partial charge in [-0.1, -0.05) is 27.7 Å². The number of carbonyl (C=O) groups is 1. The second kappa shape index (κ2) is 8.02. The summed E-state index contributed by atoms with van der Waals surface area (Å²) in [4.78, 5) is 21.1. The smallest absolute Gasteiger partial charge is 0.273 e. The summed E-state index contributed by atoms with van der Waals surface area (Å²) in [5.74, 6) is 1.93. The number of aryl methyl sites for hydroxylation is 1. The Hall–Kier alpha value is -2.00. The molecule has 154 valence electrons. The van der Waals surface area contributed by atoms with Crippen molar-refractivity contribution in [3.8, 4) is 5.75 Å². The highest BCUT2D eigenvalue weighted by atomic mass is 79.9. The summed E-state index contributed by atoms with van der Waals surface area (Å²) in [6.45, 7) is 3.69. The van der Waals surface area contributed by atoms with E-state index in [1.165, 1.54) is 6.26 Å². The molecule has 29 heavy (non-hydrogen) atoms. The van der Waals surface area contributed by atoms with Crippen LogP contribution in [0.4, 0.5) is 0 Å². The van der Waals surface area contributed by atoms with Crippen molar-refractivity contribution in [3.05, 3.63) is 46.1 Å². The number of amides is 1. The molecule has 1 amide bonds. The van der Waals surface area contributed by atoms with Crippen LogP contribution in [0.25, 0.3) is 0 Å². The topological polar surface area (TPSA) is 103 Å². The number of rotatable bonds is 5. The Kier molecular flexibility index (Phi) is 5.61. The van der Waals surface area contributed by atoms with E-state index in [0.717, 1.165) is 40.8 Å². The molecule has 3 heterocycles. The molecule has 2 unspecified atom stereocenters. The van der Waals surface area contributed by atoms with Crippen LogP contribution in [0, 0.1) is 6.92 Å². The molecule has 3 atom stereocenters. The summed E-state index contributed by atoms with van der Waals surface area (Å²) < 4.78 is 12.4. The van der Waals surface area contributed by atoms with E-state index < -0.39 is 0 Å². The molecule has 0 saturated heterocycles. The number of aromatic nitrogens is 1. The van der Waals surface area contributed by atoms with Gasteiger partial charge < -0.3 is 20.2 Å². The minimum atomic E-state index is -0.346. The van der Waals surface area contributed by atoms with Crippen molar-refractivity contribution in [3.63, 3.8) is 0 Å². The predicted octanol–water partition coefficient (Wildman–Crippen LogP) is 3.75. The number of thioether (sulfide) groups is 1. The highest BCUT2D eigenvalue weighted by molar-refractivity contribution is 9.10. The molecule has 2 aromatic rings. The second-order valence-corrected chi connectivity index (χ2v) is 9.47. The largest absolute Gasteiger partial charge is 0.490 e. The Bertz CT molecular complexity index is 963. The highest BCUT2D eigenvalue weighted by Gasteiger charge is 2.45. The van der Waals surface area contributed by atoms with Crippen LogP contribution in [0.5, 0.6) is 5.75 Å².